The molecule has 1 heterocycles. The van der Waals surface area contributed by atoms with E-state index in [-0.39, 0.29) is 0 Å². The summed E-state index contributed by atoms with van der Waals surface area (Å²) in [5.41, 5.74) is 0. The Kier molecular flexibility index (Phi) is 4.00. The van der Waals surface area contributed by atoms with Gasteiger partial charge in [0.1, 0.15) is 24.4 Å². The van der Waals surface area contributed by atoms with Gasteiger partial charge in [0.25, 0.3) is 0 Å². The minimum atomic E-state index is -1.47. The Morgan fingerprint density at radius 1 is 1.27 bits per heavy atom. The molecule has 1 saturated heterocycles. The van der Waals surface area contributed by atoms with Gasteiger partial charge in [-0.15, -0.1) is 0 Å². The fraction of sp³-hybridized carbons (Fsp3) is 0.875. The molecule has 5 N–H and O–H groups in total. The van der Waals surface area contributed by atoms with Crippen molar-refractivity contribution >= 4 is 5.91 Å². The van der Waals surface area contributed by atoms with E-state index in [9.17, 15) is 20.1 Å². The summed E-state index contributed by atoms with van der Waals surface area (Å²) in [6, 6.07) is 0. The monoisotopic (exact) mass is 221 g/mol. The number of carbonyl (C=O) groups is 1. The third-order valence-corrected chi connectivity index (χ3v) is 2.24. The second kappa shape index (κ2) is 4.86. The maximum absolute atomic E-state index is 10.7. The average Bonchev–Trinajstić information content (AvgIpc) is 2.18. The molecule has 0 aromatic heterocycles. The molecule has 1 amide bonds. The first-order valence-corrected chi connectivity index (χ1v) is 4.55. The second-order valence-electron chi connectivity index (χ2n) is 3.45. The van der Waals surface area contributed by atoms with Crippen molar-refractivity contribution < 1.29 is 30.0 Å². The van der Waals surface area contributed by atoms with E-state index in [1.807, 2.05) is 0 Å². The van der Waals surface area contributed by atoms with Crippen LogP contribution in [0.3, 0.4) is 0 Å². The van der Waals surface area contributed by atoms with Gasteiger partial charge in [0, 0.05) is 6.92 Å². The van der Waals surface area contributed by atoms with Gasteiger partial charge in [-0.2, -0.15) is 0 Å². The van der Waals surface area contributed by atoms with E-state index in [4.69, 9.17) is 9.84 Å². The molecular weight excluding hydrogens is 206 g/mol. The van der Waals surface area contributed by atoms with Crippen LogP contribution in [0.5, 0.6) is 0 Å². The Hall–Kier alpha value is -0.730. The Balaban J connectivity index is 2.69. The molecule has 5 atom stereocenters. The van der Waals surface area contributed by atoms with Crippen LogP contribution in [0.2, 0.25) is 0 Å². The van der Waals surface area contributed by atoms with Gasteiger partial charge in [-0.25, -0.2) is 0 Å². The first kappa shape index (κ1) is 12.3. The summed E-state index contributed by atoms with van der Waals surface area (Å²) in [5.74, 6) is -0.445. The number of ether oxygens (including phenoxy) is 1. The van der Waals surface area contributed by atoms with E-state index >= 15 is 0 Å². The molecule has 7 heteroatoms. The largest absolute Gasteiger partial charge is 0.394 e. The standard InChI is InChI=1S/C8H15NO6/c1-3(11)9-8-7(14)6(13)5(12)4(2-10)15-8/h4-8,10,12-14H,2H2,1H3,(H,9,11)/t4?,5-,6?,7?,8-/m1/s1. The summed E-state index contributed by atoms with van der Waals surface area (Å²) in [5, 5.41) is 39.3. The number of amides is 1. The smallest absolute Gasteiger partial charge is 0.218 e. The van der Waals surface area contributed by atoms with E-state index in [1.165, 1.54) is 6.92 Å². The highest BCUT2D eigenvalue weighted by molar-refractivity contribution is 5.73. The number of carbonyl (C=O) groups excluding carboxylic acids is 1. The van der Waals surface area contributed by atoms with Crippen molar-refractivity contribution in [3.63, 3.8) is 0 Å². The van der Waals surface area contributed by atoms with Gasteiger partial charge in [0.15, 0.2) is 6.23 Å². The van der Waals surface area contributed by atoms with Gasteiger partial charge in [-0.1, -0.05) is 0 Å². The molecule has 3 unspecified atom stereocenters. The highest BCUT2D eigenvalue weighted by atomic mass is 16.6. The summed E-state index contributed by atoms with van der Waals surface area (Å²) in [6.07, 6.45) is -6.42. The van der Waals surface area contributed by atoms with E-state index in [0.29, 0.717) is 0 Å². The minimum absolute atomic E-state index is 0.445. The van der Waals surface area contributed by atoms with Crippen LogP contribution in [-0.4, -0.2) is 63.6 Å². The molecule has 1 aliphatic heterocycles. The fourth-order valence-electron chi connectivity index (χ4n) is 1.42. The Morgan fingerprint density at radius 2 is 1.87 bits per heavy atom. The molecule has 0 radical (unpaired) electrons. The van der Waals surface area contributed by atoms with E-state index in [1.54, 1.807) is 0 Å². The number of hydrogen-bond donors (Lipinski definition) is 5. The van der Waals surface area contributed by atoms with Gasteiger partial charge >= 0.3 is 0 Å². The SMILES string of the molecule is CC(=O)N[C@@H]1OC(CO)[C@@H](O)C(O)C1O. The first-order chi connectivity index (χ1) is 6.97. The van der Waals surface area contributed by atoms with Crippen molar-refractivity contribution in [1.82, 2.24) is 5.32 Å². The molecule has 15 heavy (non-hydrogen) atoms. The van der Waals surface area contributed by atoms with Crippen LogP contribution >= 0.6 is 0 Å². The molecule has 0 bridgehead atoms. The maximum atomic E-state index is 10.7. The van der Waals surface area contributed by atoms with Crippen molar-refractivity contribution in [3.8, 4) is 0 Å². The van der Waals surface area contributed by atoms with Crippen LogP contribution in [0.1, 0.15) is 6.92 Å². The zero-order chi connectivity index (χ0) is 11.6. The van der Waals surface area contributed by atoms with Crippen LogP contribution in [-0.2, 0) is 9.53 Å². The topological polar surface area (TPSA) is 119 Å². The van der Waals surface area contributed by atoms with Crippen LogP contribution < -0.4 is 5.32 Å². The number of aliphatic hydroxyl groups is 4. The molecule has 1 rings (SSSR count). The highest BCUT2D eigenvalue weighted by Gasteiger charge is 2.43. The summed E-state index contributed by atoms with van der Waals surface area (Å²) in [7, 11) is 0. The van der Waals surface area contributed by atoms with E-state index in [0.717, 1.165) is 0 Å². The van der Waals surface area contributed by atoms with Crippen molar-refractivity contribution in [2.45, 2.75) is 37.6 Å². The lowest BCUT2D eigenvalue weighted by atomic mass is 9.98. The predicted octanol–water partition coefficient (Wildman–Crippen LogP) is -3.08. The summed E-state index contributed by atoms with van der Waals surface area (Å²) in [6.45, 7) is 0.711. The van der Waals surface area contributed by atoms with Gasteiger partial charge in [-0.3, -0.25) is 4.79 Å². The normalized spacial score (nSPS) is 41.3. The Labute approximate surface area is 86.3 Å². The molecule has 1 aliphatic rings. The van der Waals surface area contributed by atoms with Crippen LogP contribution in [0.25, 0.3) is 0 Å². The van der Waals surface area contributed by atoms with Crippen LogP contribution in [0.15, 0.2) is 0 Å². The zero-order valence-electron chi connectivity index (χ0n) is 8.20. The number of aliphatic hydroxyl groups excluding tert-OH is 4. The van der Waals surface area contributed by atoms with Crippen LogP contribution in [0.4, 0.5) is 0 Å². The lowest BCUT2D eigenvalue weighted by molar-refractivity contribution is -0.235. The molecule has 0 aliphatic carbocycles. The molecule has 0 spiro atoms. The van der Waals surface area contributed by atoms with Crippen molar-refractivity contribution in [2.24, 2.45) is 0 Å². The Bertz CT molecular complexity index is 233. The van der Waals surface area contributed by atoms with Crippen molar-refractivity contribution in [3.05, 3.63) is 0 Å². The fourth-order valence-corrected chi connectivity index (χ4v) is 1.42. The van der Waals surface area contributed by atoms with Gasteiger partial charge in [0.2, 0.25) is 5.91 Å². The zero-order valence-corrected chi connectivity index (χ0v) is 8.20. The summed E-state index contributed by atoms with van der Waals surface area (Å²) >= 11 is 0. The van der Waals surface area contributed by atoms with E-state index < -0.39 is 43.2 Å². The second-order valence-corrected chi connectivity index (χ2v) is 3.45. The molecule has 7 nitrogen and oxygen atoms in total. The van der Waals surface area contributed by atoms with Crippen LogP contribution in [0, 0.1) is 0 Å². The predicted molar refractivity (Wildman–Crippen MR) is 47.6 cm³/mol. The molecule has 0 saturated carbocycles. The van der Waals surface area contributed by atoms with Crippen molar-refractivity contribution in [1.29, 1.82) is 0 Å². The lowest BCUT2D eigenvalue weighted by Crippen LogP contribution is -2.63. The van der Waals surface area contributed by atoms with Gasteiger partial charge < -0.3 is 30.5 Å². The highest BCUT2D eigenvalue weighted by Crippen LogP contribution is 2.19. The molecule has 0 aromatic carbocycles. The Morgan fingerprint density at radius 3 is 2.33 bits per heavy atom. The third-order valence-electron chi connectivity index (χ3n) is 2.24. The van der Waals surface area contributed by atoms with E-state index in [2.05, 4.69) is 5.32 Å². The molecule has 88 valence electrons. The first-order valence-electron chi connectivity index (χ1n) is 4.55. The quantitative estimate of drug-likeness (QED) is 0.337. The average molecular weight is 221 g/mol. The van der Waals surface area contributed by atoms with Gasteiger partial charge in [-0.05, 0) is 0 Å². The molecule has 1 fully saturated rings. The van der Waals surface area contributed by atoms with Crippen molar-refractivity contribution in [2.75, 3.05) is 6.61 Å². The lowest BCUT2D eigenvalue weighted by Gasteiger charge is -2.39. The number of nitrogens with one attached hydrogen (secondary N) is 1. The third kappa shape index (κ3) is 2.64. The number of hydrogen-bond acceptors (Lipinski definition) is 6. The maximum Gasteiger partial charge on any atom is 0.218 e. The summed E-state index contributed by atoms with van der Waals surface area (Å²) < 4.78 is 5.00. The summed E-state index contributed by atoms with van der Waals surface area (Å²) in [4.78, 5) is 10.7. The minimum Gasteiger partial charge on any atom is -0.394 e. The molecular formula is C8H15NO6. The molecule has 0 aromatic rings. The van der Waals surface area contributed by atoms with Gasteiger partial charge in [0.05, 0.1) is 6.61 Å². The number of rotatable bonds is 2.